The number of hydrogen-bond acceptors (Lipinski definition) is 4. The average molecular weight is 275 g/mol. The van der Waals surface area contributed by atoms with E-state index in [1.54, 1.807) is 0 Å². The molecule has 2 N–H and O–H groups in total. The monoisotopic (exact) mass is 275 g/mol. The van der Waals surface area contributed by atoms with Gasteiger partial charge in [0, 0.05) is 6.20 Å². The molecule has 2 aromatic heterocycles. The van der Waals surface area contributed by atoms with Crippen LogP contribution in [0.1, 0.15) is 16.1 Å². The van der Waals surface area contributed by atoms with Gasteiger partial charge in [-0.2, -0.15) is 0 Å². The van der Waals surface area contributed by atoms with Crippen molar-refractivity contribution in [3.63, 3.8) is 0 Å². The summed E-state index contributed by atoms with van der Waals surface area (Å²) < 4.78 is 12.9. The highest BCUT2D eigenvalue weighted by molar-refractivity contribution is 6.03. The molecule has 0 aliphatic heterocycles. The van der Waals surface area contributed by atoms with Gasteiger partial charge in [-0.1, -0.05) is 0 Å². The quantitative estimate of drug-likeness (QED) is 0.882. The molecule has 0 saturated heterocycles. The Morgan fingerprint density at radius 2 is 2.05 bits per heavy atom. The van der Waals surface area contributed by atoms with E-state index >= 15 is 0 Å². The zero-order valence-electron chi connectivity index (χ0n) is 10.2. The number of anilines is 1. The van der Waals surface area contributed by atoms with Gasteiger partial charge in [-0.15, -0.1) is 0 Å². The molecule has 0 unspecified atom stereocenters. The average Bonchev–Trinajstić information content (AvgIpc) is 2.40. The lowest BCUT2D eigenvalue weighted by atomic mass is 10.2. The van der Waals surface area contributed by atoms with Crippen molar-refractivity contribution >= 4 is 17.6 Å². The summed E-state index contributed by atoms with van der Waals surface area (Å²) >= 11 is 0. The molecule has 0 fully saturated rings. The Labute approximate surface area is 113 Å². The van der Waals surface area contributed by atoms with Crippen LogP contribution in [0.15, 0.2) is 36.8 Å². The standard InChI is InChI=1S/C13H10FN3O3/c14-9-3-8(5-15-6-9)13(20)17-11-2-1-10(16-7-11)4-12(18)19/h1-3,5-7H,4H2,(H,17,20)(H,18,19). The summed E-state index contributed by atoms with van der Waals surface area (Å²) in [4.78, 5) is 29.8. The van der Waals surface area contributed by atoms with Gasteiger partial charge in [0.25, 0.3) is 5.91 Å². The van der Waals surface area contributed by atoms with Gasteiger partial charge in [0.2, 0.25) is 0 Å². The fraction of sp³-hybridized carbons (Fsp3) is 0.0769. The van der Waals surface area contributed by atoms with Crippen LogP contribution in [0.3, 0.4) is 0 Å². The number of carboxylic acid groups (broad SMARTS) is 1. The number of carbonyl (C=O) groups is 2. The summed E-state index contributed by atoms with van der Waals surface area (Å²) in [5.74, 6) is -2.11. The maximum atomic E-state index is 12.9. The minimum Gasteiger partial charge on any atom is -0.481 e. The van der Waals surface area contributed by atoms with E-state index in [2.05, 4.69) is 15.3 Å². The van der Waals surface area contributed by atoms with Gasteiger partial charge in [-0.3, -0.25) is 19.6 Å². The molecule has 102 valence electrons. The second-order valence-corrected chi connectivity index (χ2v) is 3.95. The molecule has 0 aliphatic carbocycles. The molecule has 0 aromatic carbocycles. The Kier molecular flexibility index (Phi) is 3.99. The number of nitrogens with zero attached hydrogens (tertiary/aromatic N) is 2. The van der Waals surface area contributed by atoms with Crippen LogP contribution in [-0.4, -0.2) is 27.0 Å². The Morgan fingerprint density at radius 1 is 1.25 bits per heavy atom. The summed E-state index contributed by atoms with van der Waals surface area (Å²) in [5.41, 5.74) is 0.843. The molecule has 2 rings (SSSR count). The number of pyridine rings is 2. The largest absolute Gasteiger partial charge is 0.481 e. The third-order valence-corrected chi connectivity index (χ3v) is 2.38. The molecule has 20 heavy (non-hydrogen) atoms. The van der Waals surface area contributed by atoms with E-state index in [9.17, 15) is 14.0 Å². The summed E-state index contributed by atoms with van der Waals surface area (Å²) in [6.45, 7) is 0. The first kappa shape index (κ1) is 13.6. The molecule has 1 amide bonds. The first-order valence-electron chi connectivity index (χ1n) is 5.63. The number of carboxylic acids is 1. The van der Waals surface area contributed by atoms with Crippen LogP contribution in [-0.2, 0) is 11.2 Å². The summed E-state index contributed by atoms with van der Waals surface area (Å²) in [6, 6.07) is 4.08. The molecule has 0 saturated carbocycles. The zero-order valence-corrected chi connectivity index (χ0v) is 10.2. The minimum atomic E-state index is -0.986. The Morgan fingerprint density at radius 3 is 2.65 bits per heavy atom. The van der Waals surface area contributed by atoms with E-state index in [0.717, 1.165) is 12.3 Å². The van der Waals surface area contributed by atoms with Crippen LogP contribution in [0, 0.1) is 5.82 Å². The van der Waals surface area contributed by atoms with Crippen LogP contribution in [0.4, 0.5) is 10.1 Å². The third-order valence-electron chi connectivity index (χ3n) is 2.38. The molecule has 2 aromatic rings. The van der Waals surface area contributed by atoms with Crippen molar-refractivity contribution in [3.8, 4) is 0 Å². The lowest BCUT2D eigenvalue weighted by Gasteiger charge is -2.05. The van der Waals surface area contributed by atoms with Crippen LogP contribution < -0.4 is 5.32 Å². The molecule has 0 bridgehead atoms. The highest BCUT2D eigenvalue weighted by Crippen LogP contribution is 2.09. The van der Waals surface area contributed by atoms with Crippen molar-refractivity contribution in [1.29, 1.82) is 0 Å². The number of amides is 1. The fourth-order valence-corrected chi connectivity index (χ4v) is 1.50. The number of rotatable bonds is 4. The normalized spacial score (nSPS) is 10.1. The van der Waals surface area contributed by atoms with Crippen LogP contribution in [0.25, 0.3) is 0 Å². The SMILES string of the molecule is O=C(O)Cc1ccc(NC(=O)c2cncc(F)c2)cn1. The van der Waals surface area contributed by atoms with Gasteiger partial charge in [-0.05, 0) is 18.2 Å². The summed E-state index contributed by atoms with van der Waals surface area (Å²) in [5, 5.41) is 11.1. The minimum absolute atomic E-state index is 0.0830. The Hall–Kier alpha value is -2.83. The molecular weight excluding hydrogens is 265 g/mol. The number of aromatic nitrogens is 2. The van der Waals surface area contributed by atoms with E-state index in [1.165, 1.54) is 24.5 Å². The first-order chi connectivity index (χ1) is 9.54. The van der Waals surface area contributed by atoms with Crippen molar-refractivity contribution in [2.45, 2.75) is 6.42 Å². The maximum Gasteiger partial charge on any atom is 0.309 e. The summed E-state index contributed by atoms with van der Waals surface area (Å²) in [6.07, 6.45) is 3.38. The van der Waals surface area contributed by atoms with Crippen LogP contribution >= 0.6 is 0 Å². The second kappa shape index (κ2) is 5.87. The Bertz CT molecular complexity index is 644. The van der Waals surface area contributed by atoms with Crippen LogP contribution in [0.2, 0.25) is 0 Å². The predicted octanol–water partition coefficient (Wildman–Crippen LogP) is 1.50. The number of aliphatic carboxylic acids is 1. The zero-order chi connectivity index (χ0) is 14.5. The van der Waals surface area contributed by atoms with Gasteiger partial charge in [0.1, 0.15) is 5.82 Å². The van der Waals surface area contributed by atoms with Crippen molar-refractivity contribution in [1.82, 2.24) is 9.97 Å². The first-order valence-corrected chi connectivity index (χ1v) is 5.63. The number of nitrogens with one attached hydrogen (secondary N) is 1. The smallest absolute Gasteiger partial charge is 0.309 e. The molecule has 2 heterocycles. The number of carbonyl (C=O) groups excluding carboxylic acids is 1. The second-order valence-electron chi connectivity index (χ2n) is 3.95. The van der Waals surface area contributed by atoms with E-state index in [4.69, 9.17) is 5.11 Å². The topological polar surface area (TPSA) is 92.2 Å². The molecule has 0 atom stereocenters. The predicted molar refractivity (Wildman–Crippen MR) is 67.7 cm³/mol. The molecular formula is C13H10FN3O3. The maximum absolute atomic E-state index is 12.9. The van der Waals surface area contributed by atoms with Gasteiger partial charge in [0.05, 0.1) is 35.8 Å². The van der Waals surface area contributed by atoms with Gasteiger partial charge < -0.3 is 10.4 Å². The van der Waals surface area contributed by atoms with Gasteiger partial charge in [0.15, 0.2) is 0 Å². The van der Waals surface area contributed by atoms with Crippen molar-refractivity contribution in [3.05, 3.63) is 53.9 Å². The van der Waals surface area contributed by atoms with Crippen LogP contribution in [0.5, 0.6) is 0 Å². The van der Waals surface area contributed by atoms with E-state index < -0.39 is 17.7 Å². The molecule has 6 nitrogen and oxygen atoms in total. The van der Waals surface area contributed by atoms with Crippen molar-refractivity contribution in [2.75, 3.05) is 5.32 Å². The van der Waals surface area contributed by atoms with E-state index in [0.29, 0.717) is 11.4 Å². The van der Waals surface area contributed by atoms with E-state index in [-0.39, 0.29) is 12.0 Å². The van der Waals surface area contributed by atoms with Gasteiger partial charge in [-0.25, -0.2) is 4.39 Å². The molecule has 0 aliphatic rings. The highest BCUT2D eigenvalue weighted by Gasteiger charge is 2.08. The number of halogens is 1. The number of hydrogen-bond donors (Lipinski definition) is 2. The highest BCUT2D eigenvalue weighted by atomic mass is 19.1. The lowest BCUT2D eigenvalue weighted by Crippen LogP contribution is -2.13. The third kappa shape index (κ3) is 3.58. The molecule has 0 spiro atoms. The van der Waals surface area contributed by atoms with Gasteiger partial charge >= 0.3 is 5.97 Å². The van der Waals surface area contributed by atoms with Crippen molar-refractivity contribution in [2.24, 2.45) is 0 Å². The lowest BCUT2D eigenvalue weighted by molar-refractivity contribution is -0.136. The fourth-order valence-electron chi connectivity index (χ4n) is 1.50. The Balaban J connectivity index is 2.06. The van der Waals surface area contributed by atoms with Crippen molar-refractivity contribution < 1.29 is 19.1 Å². The van der Waals surface area contributed by atoms with E-state index in [1.807, 2.05) is 0 Å². The molecule has 0 radical (unpaired) electrons. The summed E-state index contributed by atoms with van der Waals surface area (Å²) in [7, 11) is 0. The molecule has 7 heteroatoms.